The fraction of sp³-hybridized carbons (Fsp3) is 0.533. The van der Waals surface area contributed by atoms with Gasteiger partial charge in [0.05, 0.1) is 0 Å². The van der Waals surface area contributed by atoms with Crippen molar-refractivity contribution in [2.75, 3.05) is 12.3 Å². The summed E-state index contributed by atoms with van der Waals surface area (Å²) in [6, 6.07) is 7.83. The second-order valence-corrected chi connectivity index (χ2v) is 5.90. The standard InChI is InChI=1S/C15H21N3O/c1-9-6-10-8-17-18-14(10)7-12(9)15(19)11-4-2-3-5-13(11)16/h2-5,9-10,12,14,17-18H,6-8,16H2,1H3. The number of nitrogen functional groups attached to an aromatic ring is 1. The van der Waals surface area contributed by atoms with Gasteiger partial charge in [-0.05, 0) is 36.8 Å². The van der Waals surface area contributed by atoms with Crippen LogP contribution in [0.15, 0.2) is 24.3 Å². The molecule has 1 saturated carbocycles. The number of fused-ring (bicyclic) bond motifs is 1. The van der Waals surface area contributed by atoms with Crippen molar-refractivity contribution in [3.8, 4) is 0 Å². The molecule has 2 fully saturated rings. The van der Waals surface area contributed by atoms with Gasteiger partial charge in [0.25, 0.3) is 0 Å². The smallest absolute Gasteiger partial charge is 0.168 e. The van der Waals surface area contributed by atoms with E-state index in [0.717, 1.165) is 19.4 Å². The number of hydrazine groups is 1. The molecule has 4 N–H and O–H groups in total. The van der Waals surface area contributed by atoms with Crippen LogP contribution in [-0.4, -0.2) is 18.4 Å². The van der Waals surface area contributed by atoms with Crippen LogP contribution in [0.1, 0.15) is 30.1 Å². The molecule has 0 spiro atoms. The molecule has 1 aliphatic heterocycles. The Morgan fingerprint density at radius 2 is 2.11 bits per heavy atom. The average molecular weight is 259 g/mol. The number of rotatable bonds is 2. The molecule has 1 aliphatic carbocycles. The SMILES string of the molecule is CC1CC2CNNC2CC1C(=O)c1ccccc1N. The summed E-state index contributed by atoms with van der Waals surface area (Å²) in [6.07, 6.45) is 2.01. The molecule has 19 heavy (non-hydrogen) atoms. The topological polar surface area (TPSA) is 67.1 Å². The van der Waals surface area contributed by atoms with Crippen molar-refractivity contribution in [1.29, 1.82) is 0 Å². The van der Waals surface area contributed by atoms with Crippen LogP contribution >= 0.6 is 0 Å². The lowest BCUT2D eigenvalue weighted by atomic mass is 9.70. The van der Waals surface area contributed by atoms with Gasteiger partial charge in [-0.3, -0.25) is 15.6 Å². The van der Waals surface area contributed by atoms with E-state index in [9.17, 15) is 4.79 Å². The van der Waals surface area contributed by atoms with E-state index in [1.807, 2.05) is 18.2 Å². The Morgan fingerprint density at radius 3 is 2.89 bits per heavy atom. The highest BCUT2D eigenvalue weighted by Gasteiger charge is 2.40. The highest BCUT2D eigenvalue weighted by atomic mass is 16.1. The lowest BCUT2D eigenvalue weighted by molar-refractivity contribution is 0.0787. The number of carbonyl (C=O) groups excluding carboxylic acids is 1. The van der Waals surface area contributed by atoms with E-state index in [0.29, 0.717) is 29.1 Å². The van der Waals surface area contributed by atoms with Crippen LogP contribution in [0.4, 0.5) is 5.69 Å². The summed E-state index contributed by atoms with van der Waals surface area (Å²) >= 11 is 0. The maximum atomic E-state index is 12.7. The van der Waals surface area contributed by atoms with Gasteiger partial charge in [0.15, 0.2) is 5.78 Å². The first-order valence-corrected chi connectivity index (χ1v) is 7.04. The normalized spacial score (nSPS) is 33.9. The summed E-state index contributed by atoms with van der Waals surface area (Å²) in [4.78, 5) is 12.7. The van der Waals surface area contributed by atoms with E-state index in [1.165, 1.54) is 0 Å². The third-order valence-corrected chi connectivity index (χ3v) is 4.65. The summed E-state index contributed by atoms with van der Waals surface area (Å²) in [5.74, 6) is 1.37. The lowest BCUT2D eigenvalue weighted by Crippen LogP contribution is -2.41. The van der Waals surface area contributed by atoms with E-state index in [1.54, 1.807) is 6.07 Å². The number of carbonyl (C=O) groups is 1. The average Bonchev–Trinajstić information content (AvgIpc) is 2.84. The van der Waals surface area contributed by atoms with Gasteiger partial charge in [0.2, 0.25) is 0 Å². The summed E-state index contributed by atoms with van der Waals surface area (Å²) in [6.45, 7) is 3.21. The Hall–Kier alpha value is -1.39. The molecule has 1 saturated heterocycles. The Labute approximate surface area is 113 Å². The number of Topliss-reactive ketones (excluding diaryl/α,β-unsaturated/α-hetero) is 1. The van der Waals surface area contributed by atoms with Gasteiger partial charge in [-0.15, -0.1) is 0 Å². The van der Waals surface area contributed by atoms with Gasteiger partial charge in [0, 0.05) is 29.8 Å². The van der Waals surface area contributed by atoms with Gasteiger partial charge >= 0.3 is 0 Å². The Kier molecular flexibility index (Phi) is 3.29. The zero-order valence-electron chi connectivity index (χ0n) is 11.2. The van der Waals surface area contributed by atoms with E-state index in [2.05, 4.69) is 17.8 Å². The van der Waals surface area contributed by atoms with Crippen molar-refractivity contribution < 1.29 is 4.79 Å². The minimum Gasteiger partial charge on any atom is -0.398 e. The van der Waals surface area contributed by atoms with Crippen molar-refractivity contribution in [2.45, 2.75) is 25.8 Å². The lowest BCUT2D eigenvalue weighted by Gasteiger charge is -2.35. The Morgan fingerprint density at radius 1 is 1.32 bits per heavy atom. The third kappa shape index (κ3) is 2.26. The van der Waals surface area contributed by atoms with Crippen LogP contribution in [-0.2, 0) is 0 Å². The Bertz CT molecular complexity index is 488. The summed E-state index contributed by atoms with van der Waals surface area (Å²) in [7, 11) is 0. The molecule has 2 aliphatic rings. The number of ketones is 1. The molecule has 0 amide bonds. The molecule has 4 nitrogen and oxygen atoms in total. The predicted octanol–water partition coefficient (Wildman–Crippen LogP) is 1.59. The Balaban J connectivity index is 1.81. The number of anilines is 1. The monoisotopic (exact) mass is 259 g/mol. The van der Waals surface area contributed by atoms with E-state index >= 15 is 0 Å². The van der Waals surface area contributed by atoms with Crippen LogP contribution < -0.4 is 16.6 Å². The van der Waals surface area contributed by atoms with Crippen molar-refractivity contribution >= 4 is 11.5 Å². The number of benzene rings is 1. The fourth-order valence-corrected chi connectivity index (χ4v) is 3.51. The van der Waals surface area contributed by atoms with Gasteiger partial charge in [-0.2, -0.15) is 0 Å². The fourth-order valence-electron chi connectivity index (χ4n) is 3.51. The number of nitrogens with two attached hydrogens (primary N) is 1. The number of para-hydroxylation sites is 1. The van der Waals surface area contributed by atoms with Crippen molar-refractivity contribution in [3.05, 3.63) is 29.8 Å². The maximum Gasteiger partial charge on any atom is 0.168 e. The predicted molar refractivity (Wildman–Crippen MR) is 75.5 cm³/mol. The zero-order chi connectivity index (χ0) is 13.4. The molecular formula is C15H21N3O. The van der Waals surface area contributed by atoms with Crippen LogP contribution in [0.25, 0.3) is 0 Å². The molecule has 0 radical (unpaired) electrons. The second-order valence-electron chi connectivity index (χ2n) is 5.90. The first kappa shape index (κ1) is 12.6. The van der Waals surface area contributed by atoms with E-state index < -0.39 is 0 Å². The zero-order valence-corrected chi connectivity index (χ0v) is 11.2. The van der Waals surface area contributed by atoms with Gasteiger partial charge in [0.1, 0.15) is 0 Å². The van der Waals surface area contributed by atoms with E-state index in [-0.39, 0.29) is 11.7 Å². The molecule has 4 unspecified atom stereocenters. The van der Waals surface area contributed by atoms with E-state index in [4.69, 9.17) is 5.73 Å². The molecule has 1 heterocycles. The van der Waals surface area contributed by atoms with Gasteiger partial charge in [-0.25, -0.2) is 0 Å². The molecule has 4 heteroatoms. The molecule has 3 rings (SSSR count). The molecule has 102 valence electrons. The highest BCUT2D eigenvalue weighted by molar-refractivity contribution is 6.02. The summed E-state index contributed by atoms with van der Waals surface area (Å²) in [5.41, 5.74) is 13.7. The first-order chi connectivity index (χ1) is 9.16. The molecule has 0 aromatic heterocycles. The molecule has 4 atom stereocenters. The van der Waals surface area contributed by atoms with Gasteiger partial charge in [-0.1, -0.05) is 19.1 Å². The van der Waals surface area contributed by atoms with Crippen LogP contribution in [0, 0.1) is 17.8 Å². The number of hydrogen-bond donors (Lipinski definition) is 3. The molecule has 1 aromatic carbocycles. The number of hydrogen-bond acceptors (Lipinski definition) is 4. The van der Waals surface area contributed by atoms with Gasteiger partial charge < -0.3 is 5.73 Å². The largest absolute Gasteiger partial charge is 0.398 e. The quantitative estimate of drug-likeness (QED) is 0.557. The molecule has 1 aromatic rings. The number of nitrogens with one attached hydrogen (secondary N) is 2. The second kappa shape index (κ2) is 4.94. The highest BCUT2D eigenvalue weighted by Crippen LogP contribution is 2.37. The van der Waals surface area contributed by atoms with Crippen molar-refractivity contribution in [1.82, 2.24) is 10.9 Å². The minimum absolute atomic E-state index is 0.0818. The summed E-state index contributed by atoms with van der Waals surface area (Å²) in [5, 5.41) is 0. The third-order valence-electron chi connectivity index (χ3n) is 4.65. The van der Waals surface area contributed by atoms with Crippen LogP contribution in [0.3, 0.4) is 0 Å². The van der Waals surface area contributed by atoms with Crippen LogP contribution in [0.2, 0.25) is 0 Å². The molecule has 0 bridgehead atoms. The minimum atomic E-state index is 0.0818. The maximum absolute atomic E-state index is 12.7. The summed E-state index contributed by atoms with van der Waals surface area (Å²) < 4.78 is 0. The molecular weight excluding hydrogens is 238 g/mol. The van der Waals surface area contributed by atoms with Crippen molar-refractivity contribution in [3.63, 3.8) is 0 Å². The van der Waals surface area contributed by atoms with Crippen LogP contribution in [0.5, 0.6) is 0 Å². The van der Waals surface area contributed by atoms with Crippen molar-refractivity contribution in [2.24, 2.45) is 17.8 Å². The first-order valence-electron chi connectivity index (χ1n) is 7.04.